The van der Waals surface area contributed by atoms with Crippen LogP contribution in [0.15, 0.2) is 22.7 Å². The first-order valence-corrected chi connectivity index (χ1v) is 5.51. The molecular formula is C12H13N3O. The van der Waals surface area contributed by atoms with Gasteiger partial charge < -0.3 is 9.84 Å². The second-order valence-corrected chi connectivity index (χ2v) is 4.01. The third-order valence-corrected chi connectivity index (χ3v) is 2.85. The predicted octanol–water partition coefficient (Wildman–Crippen LogP) is 2.40. The van der Waals surface area contributed by atoms with E-state index in [0.29, 0.717) is 11.7 Å². The highest BCUT2D eigenvalue weighted by atomic mass is 16.5. The van der Waals surface area contributed by atoms with Crippen molar-refractivity contribution in [1.29, 1.82) is 0 Å². The van der Waals surface area contributed by atoms with E-state index in [1.807, 2.05) is 19.1 Å². The van der Waals surface area contributed by atoms with E-state index < -0.39 is 0 Å². The predicted molar refractivity (Wildman–Crippen MR) is 61.3 cm³/mol. The van der Waals surface area contributed by atoms with Gasteiger partial charge in [0, 0.05) is 17.8 Å². The van der Waals surface area contributed by atoms with Crippen molar-refractivity contribution in [3.63, 3.8) is 0 Å². The van der Waals surface area contributed by atoms with E-state index >= 15 is 0 Å². The molecule has 16 heavy (non-hydrogen) atoms. The Hall–Kier alpha value is -1.84. The number of hydrogen-bond acceptors (Lipinski definition) is 4. The van der Waals surface area contributed by atoms with Gasteiger partial charge in [0.05, 0.1) is 0 Å². The second-order valence-electron chi connectivity index (χ2n) is 4.01. The van der Waals surface area contributed by atoms with E-state index in [-0.39, 0.29) is 0 Å². The molecule has 0 unspecified atom stereocenters. The lowest BCUT2D eigenvalue weighted by Gasteiger charge is -2.19. The van der Waals surface area contributed by atoms with Crippen molar-refractivity contribution in [1.82, 2.24) is 10.1 Å². The fourth-order valence-electron chi connectivity index (χ4n) is 2.12. The molecule has 1 aliphatic heterocycles. The van der Waals surface area contributed by atoms with Crippen LogP contribution in [0.1, 0.15) is 17.8 Å². The van der Waals surface area contributed by atoms with Crippen molar-refractivity contribution in [2.45, 2.75) is 19.8 Å². The first-order chi connectivity index (χ1) is 7.84. The molecule has 4 heteroatoms. The Morgan fingerprint density at radius 2 is 2.31 bits per heavy atom. The number of nitrogens with one attached hydrogen (secondary N) is 1. The summed E-state index contributed by atoms with van der Waals surface area (Å²) in [5.41, 5.74) is 3.54. The SMILES string of the molecule is Cc1noc(-c2cccc3c2CCCN3)n1. The topological polar surface area (TPSA) is 51.0 Å². The maximum atomic E-state index is 5.23. The Labute approximate surface area is 93.7 Å². The molecule has 0 amide bonds. The maximum Gasteiger partial charge on any atom is 0.258 e. The zero-order valence-electron chi connectivity index (χ0n) is 9.16. The van der Waals surface area contributed by atoms with E-state index in [2.05, 4.69) is 21.5 Å². The Balaban J connectivity index is 2.13. The number of aryl methyl sites for hydroxylation is 1. The largest absolute Gasteiger partial charge is 0.385 e. The number of rotatable bonds is 1. The average molecular weight is 215 g/mol. The standard InChI is InChI=1S/C12H13N3O/c1-8-14-12(16-15-8)10-4-2-6-11-9(10)5-3-7-13-11/h2,4,6,13H,3,5,7H2,1H3. The summed E-state index contributed by atoms with van der Waals surface area (Å²) in [5, 5.41) is 7.23. The molecule has 82 valence electrons. The third kappa shape index (κ3) is 1.46. The molecule has 0 bridgehead atoms. The molecular weight excluding hydrogens is 202 g/mol. The van der Waals surface area contributed by atoms with Gasteiger partial charge in [-0.2, -0.15) is 4.98 Å². The minimum Gasteiger partial charge on any atom is -0.385 e. The van der Waals surface area contributed by atoms with Crippen molar-refractivity contribution in [3.05, 3.63) is 29.6 Å². The van der Waals surface area contributed by atoms with E-state index in [4.69, 9.17) is 4.52 Å². The normalized spacial score (nSPS) is 14.3. The van der Waals surface area contributed by atoms with Crippen molar-refractivity contribution in [2.24, 2.45) is 0 Å². The summed E-state index contributed by atoms with van der Waals surface area (Å²) in [6.07, 6.45) is 2.22. The first-order valence-electron chi connectivity index (χ1n) is 5.51. The van der Waals surface area contributed by atoms with Crippen LogP contribution in [0, 0.1) is 6.92 Å². The van der Waals surface area contributed by atoms with Gasteiger partial charge in [-0.3, -0.25) is 0 Å². The van der Waals surface area contributed by atoms with Crippen molar-refractivity contribution < 1.29 is 4.52 Å². The van der Waals surface area contributed by atoms with Gasteiger partial charge in [0.2, 0.25) is 0 Å². The minimum atomic E-state index is 0.623. The van der Waals surface area contributed by atoms with E-state index in [1.165, 1.54) is 11.3 Å². The maximum absolute atomic E-state index is 5.23. The van der Waals surface area contributed by atoms with Crippen LogP contribution in [0.4, 0.5) is 5.69 Å². The highest BCUT2D eigenvalue weighted by molar-refractivity contribution is 5.69. The van der Waals surface area contributed by atoms with Gasteiger partial charge in [-0.15, -0.1) is 0 Å². The van der Waals surface area contributed by atoms with Gasteiger partial charge in [0.25, 0.3) is 5.89 Å². The van der Waals surface area contributed by atoms with Gasteiger partial charge in [0.15, 0.2) is 5.82 Å². The van der Waals surface area contributed by atoms with Crippen LogP contribution >= 0.6 is 0 Å². The highest BCUT2D eigenvalue weighted by Gasteiger charge is 2.16. The monoisotopic (exact) mass is 215 g/mol. The molecule has 0 aliphatic carbocycles. The zero-order valence-corrected chi connectivity index (χ0v) is 9.16. The van der Waals surface area contributed by atoms with E-state index in [9.17, 15) is 0 Å². The Morgan fingerprint density at radius 3 is 3.12 bits per heavy atom. The second kappa shape index (κ2) is 3.63. The smallest absolute Gasteiger partial charge is 0.258 e. The minimum absolute atomic E-state index is 0.623. The van der Waals surface area contributed by atoms with Crippen LogP contribution in [-0.2, 0) is 6.42 Å². The Kier molecular flexibility index (Phi) is 2.13. The molecule has 0 spiro atoms. The number of benzene rings is 1. The molecule has 1 aromatic carbocycles. The van der Waals surface area contributed by atoms with Crippen LogP contribution in [0.5, 0.6) is 0 Å². The van der Waals surface area contributed by atoms with Crippen LogP contribution in [-0.4, -0.2) is 16.7 Å². The molecule has 3 rings (SSSR count). The number of fused-ring (bicyclic) bond motifs is 1. The van der Waals surface area contributed by atoms with Crippen molar-refractivity contribution >= 4 is 5.69 Å². The number of nitrogens with zero attached hydrogens (tertiary/aromatic N) is 2. The van der Waals surface area contributed by atoms with Gasteiger partial charge in [-0.1, -0.05) is 11.2 Å². The Morgan fingerprint density at radius 1 is 1.38 bits per heavy atom. The first kappa shape index (κ1) is 9.39. The summed E-state index contributed by atoms with van der Waals surface area (Å²) in [6, 6.07) is 6.16. The molecule has 0 fully saturated rings. The molecule has 1 aliphatic rings. The van der Waals surface area contributed by atoms with Gasteiger partial charge in [-0.25, -0.2) is 0 Å². The molecule has 2 heterocycles. The summed E-state index contributed by atoms with van der Waals surface area (Å²) in [4.78, 5) is 4.28. The van der Waals surface area contributed by atoms with E-state index in [1.54, 1.807) is 0 Å². The summed E-state index contributed by atoms with van der Waals surface area (Å²) in [7, 11) is 0. The fraction of sp³-hybridized carbons (Fsp3) is 0.333. The molecule has 0 saturated heterocycles. The van der Waals surface area contributed by atoms with Gasteiger partial charge in [0.1, 0.15) is 0 Å². The molecule has 0 saturated carbocycles. The lowest BCUT2D eigenvalue weighted by Crippen LogP contribution is -2.12. The molecule has 2 aromatic rings. The van der Waals surface area contributed by atoms with Gasteiger partial charge >= 0.3 is 0 Å². The summed E-state index contributed by atoms with van der Waals surface area (Å²) < 4.78 is 5.23. The molecule has 1 aromatic heterocycles. The lowest BCUT2D eigenvalue weighted by atomic mass is 9.97. The van der Waals surface area contributed by atoms with Crippen LogP contribution in [0.25, 0.3) is 11.5 Å². The molecule has 0 atom stereocenters. The summed E-state index contributed by atoms with van der Waals surface area (Å²) in [6.45, 7) is 2.87. The molecule has 4 nitrogen and oxygen atoms in total. The number of aromatic nitrogens is 2. The van der Waals surface area contributed by atoms with Crippen molar-refractivity contribution in [3.8, 4) is 11.5 Å². The van der Waals surface area contributed by atoms with Crippen LogP contribution in [0.2, 0.25) is 0 Å². The molecule has 1 N–H and O–H groups in total. The molecule has 0 radical (unpaired) electrons. The zero-order chi connectivity index (χ0) is 11.0. The third-order valence-electron chi connectivity index (χ3n) is 2.85. The lowest BCUT2D eigenvalue weighted by molar-refractivity contribution is 0.425. The quantitative estimate of drug-likeness (QED) is 0.793. The van der Waals surface area contributed by atoms with Crippen LogP contribution in [0.3, 0.4) is 0 Å². The van der Waals surface area contributed by atoms with Crippen LogP contribution < -0.4 is 5.32 Å². The van der Waals surface area contributed by atoms with Crippen molar-refractivity contribution in [2.75, 3.05) is 11.9 Å². The Bertz CT molecular complexity index is 519. The number of hydrogen-bond donors (Lipinski definition) is 1. The number of anilines is 1. The summed E-state index contributed by atoms with van der Waals surface area (Å²) in [5.74, 6) is 1.30. The summed E-state index contributed by atoms with van der Waals surface area (Å²) >= 11 is 0. The highest BCUT2D eigenvalue weighted by Crippen LogP contribution is 2.31. The van der Waals surface area contributed by atoms with E-state index in [0.717, 1.165) is 24.9 Å². The van der Waals surface area contributed by atoms with Gasteiger partial charge in [-0.05, 0) is 37.5 Å². The average Bonchev–Trinajstić information content (AvgIpc) is 2.75. The fourth-order valence-corrected chi connectivity index (χ4v) is 2.12.